The third-order valence-corrected chi connectivity index (χ3v) is 10.5. The van der Waals surface area contributed by atoms with Crippen LogP contribution in [-0.4, -0.2) is 27.1 Å². The van der Waals surface area contributed by atoms with Gasteiger partial charge < -0.3 is 28.2 Å². The lowest BCUT2D eigenvalue weighted by atomic mass is 10.1. The maximum Gasteiger partial charge on any atom is 0.246 e. The molecule has 0 saturated carbocycles. The Morgan fingerprint density at radius 3 is 1.53 bits per heavy atom. The highest BCUT2D eigenvalue weighted by molar-refractivity contribution is 9.10. The summed E-state index contributed by atoms with van der Waals surface area (Å²) in [5.74, 6) is 2.07. The fraction of sp³-hybridized carbons (Fsp3) is 0.357. The maximum absolute atomic E-state index is 15.6. The van der Waals surface area contributed by atoms with Gasteiger partial charge in [-0.05, 0) is 96.2 Å². The molecule has 1 aliphatic rings. The molecule has 8 heteroatoms. The van der Waals surface area contributed by atoms with Gasteiger partial charge >= 0.3 is 0 Å². The molecule has 0 aliphatic carbocycles. The Labute approximate surface area is 221 Å². The first kappa shape index (κ1) is 26.4. The first-order chi connectivity index (χ1) is 16.9. The van der Waals surface area contributed by atoms with E-state index >= 15 is 4.57 Å². The van der Waals surface area contributed by atoms with E-state index in [1.54, 1.807) is 27.4 Å². The highest BCUT2D eigenvalue weighted by Gasteiger charge is 2.42. The second-order valence-corrected chi connectivity index (χ2v) is 13.0. The maximum atomic E-state index is 15.6. The first-order valence-corrected chi connectivity index (χ1v) is 14.1. The summed E-state index contributed by atoms with van der Waals surface area (Å²) in [5, 5.41) is 1.93. The number of aryl methyl sites for hydroxylation is 4. The van der Waals surface area contributed by atoms with Crippen molar-refractivity contribution in [2.45, 2.75) is 47.3 Å². The van der Waals surface area contributed by atoms with Gasteiger partial charge in [0.25, 0.3) is 0 Å². The van der Waals surface area contributed by atoms with Crippen LogP contribution < -0.4 is 39.6 Å². The highest BCUT2D eigenvalue weighted by atomic mass is 79.9. The van der Waals surface area contributed by atoms with Gasteiger partial charge in [-0.15, -0.1) is 0 Å². The van der Waals surface area contributed by atoms with Crippen molar-refractivity contribution in [3.8, 4) is 28.7 Å². The van der Waals surface area contributed by atoms with Crippen LogP contribution in [0, 0.1) is 27.7 Å². The molecule has 4 rings (SSSR count). The van der Waals surface area contributed by atoms with Crippen molar-refractivity contribution in [3.63, 3.8) is 0 Å². The molecule has 0 atom stereocenters. The van der Waals surface area contributed by atoms with Crippen molar-refractivity contribution in [1.29, 1.82) is 0 Å². The van der Waals surface area contributed by atoms with E-state index in [0.717, 1.165) is 33.8 Å². The first-order valence-electron chi connectivity index (χ1n) is 11.6. The minimum absolute atomic E-state index is 0.456. The van der Waals surface area contributed by atoms with Gasteiger partial charge in [-0.2, -0.15) is 0 Å². The Bertz CT molecular complexity index is 1300. The number of rotatable bonds is 6. The van der Waals surface area contributed by atoms with Crippen LogP contribution in [0.2, 0.25) is 0 Å². The molecule has 0 spiro atoms. The van der Waals surface area contributed by atoms with Gasteiger partial charge in [-0.25, -0.2) is 0 Å². The highest BCUT2D eigenvalue weighted by Crippen LogP contribution is 2.55. The summed E-state index contributed by atoms with van der Waals surface area (Å²) < 4.78 is 45.2. The summed E-state index contributed by atoms with van der Waals surface area (Å²) in [7, 11) is 1.38. The number of hydrogen-bond acceptors (Lipinski definition) is 6. The Kier molecular flexibility index (Phi) is 6.87. The Balaban J connectivity index is 2.11. The van der Waals surface area contributed by atoms with Crippen molar-refractivity contribution in [2.75, 3.05) is 21.3 Å². The molecule has 6 nitrogen and oxygen atoms in total. The molecule has 0 radical (unpaired) electrons. The third-order valence-electron chi connectivity index (χ3n) is 6.40. The van der Waals surface area contributed by atoms with Gasteiger partial charge in [0, 0.05) is 29.8 Å². The number of ether oxygens (including phenoxy) is 5. The molecular formula is C28H32BrO6P. The number of fused-ring (bicyclic) bond motifs is 1. The van der Waals surface area contributed by atoms with E-state index in [9.17, 15) is 0 Å². The molecule has 36 heavy (non-hydrogen) atoms. The smallest absolute Gasteiger partial charge is 0.246 e. The fourth-order valence-corrected chi connectivity index (χ4v) is 9.11. The molecule has 0 fully saturated rings. The predicted molar refractivity (Wildman–Crippen MR) is 147 cm³/mol. The molecular weight excluding hydrogens is 543 g/mol. The summed E-state index contributed by atoms with van der Waals surface area (Å²) in [6, 6.07) is 9.55. The molecule has 0 amide bonds. The van der Waals surface area contributed by atoms with Crippen LogP contribution in [0.5, 0.6) is 28.7 Å². The van der Waals surface area contributed by atoms with E-state index in [1.807, 2.05) is 65.8 Å². The van der Waals surface area contributed by atoms with Crippen LogP contribution in [-0.2, 0) is 4.57 Å². The van der Waals surface area contributed by atoms with Crippen molar-refractivity contribution >= 4 is 39.0 Å². The van der Waals surface area contributed by atoms with E-state index in [1.165, 1.54) is 0 Å². The van der Waals surface area contributed by atoms with E-state index in [-0.39, 0.29) is 0 Å². The van der Waals surface area contributed by atoms with Gasteiger partial charge in [0.2, 0.25) is 11.5 Å². The zero-order valence-electron chi connectivity index (χ0n) is 22.2. The summed E-state index contributed by atoms with van der Waals surface area (Å²) >= 11 is 3.73. The summed E-state index contributed by atoms with van der Waals surface area (Å²) in [6.45, 7) is 11.5. The lowest BCUT2D eigenvalue weighted by Gasteiger charge is -2.25. The molecule has 0 aromatic heterocycles. The molecule has 1 aliphatic heterocycles. The van der Waals surface area contributed by atoms with Crippen molar-refractivity contribution in [3.05, 3.63) is 57.1 Å². The second kappa shape index (κ2) is 9.35. The van der Waals surface area contributed by atoms with E-state index in [0.29, 0.717) is 37.6 Å². The zero-order chi connectivity index (χ0) is 26.6. The van der Waals surface area contributed by atoms with Crippen LogP contribution in [0.25, 0.3) is 0 Å². The van der Waals surface area contributed by atoms with Crippen LogP contribution in [0.3, 0.4) is 0 Å². The van der Waals surface area contributed by atoms with Gasteiger partial charge in [0.15, 0.2) is 18.6 Å². The third kappa shape index (κ3) is 4.16. The normalized spacial score (nSPS) is 14.1. The molecule has 3 aromatic rings. The minimum Gasteiger partial charge on any atom is -0.496 e. The average Bonchev–Trinajstić information content (AvgIpc) is 3.14. The standard InChI is InChI=1S/C28H32BrO6P/c1-15-10-19(11-16(2)24(15)32-8)36(30,20-12-17(3)25(33-9)18(4)13-20)22-14-21(31-7)26-27(23(22)29)35-28(5,6)34-26/h10-14H,1-9H3. The van der Waals surface area contributed by atoms with Crippen LogP contribution >= 0.6 is 23.1 Å². The van der Waals surface area contributed by atoms with Gasteiger partial charge in [-0.1, -0.05) is 0 Å². The quantitative estimate of drug-likeness (QED) is 0.344. The lowest BCUT2D eigenvalue weighted by molar-refractivity contribution is -0.0442. The summed E-state index contributed by atoms with van der Waals surface area (Å²) in [4.78, 5) is 0. The van der Waals surface area contributed by atoms with Gasteiger partial charge in [0.1, 0.15) is 11.5 Å². The molecule has 1 heterocycles. The molecule has 0 bridgehead atoms. The molecule has 0 N–H and O–H groups in total. The molecule has 3 aromatic carbocycles. The average molecular weight is 575 g/mol. The van der Waals surface area contributed by atoms with Crippen molar-refractivity contribution in [1.82, 2.24) is 0 Å². The van der Waals surface area contributed by atoms with Crippen molar-refractivity contribution in [2.24, 2.45) is 0 Å². The van der Waals surface area contributed by atoms with Gasteiger partial charge in [0.05, 0.1) is 25.8 Å². The SMILES string of the molecule is COc1cc(P(=O)(c2cc(C)c(OC)c(C)c2)c2cc(C)c(OC)c(C)c2)c(Br)c2c1OC(C)(C)O2. The number of hydrogen-bond donors (Lipinski definition) is 0. The Hall–Kier alpha value is -2.63. The Morgan fingerprint density at radius 1 is 0.722 bits per heavy atom. The molecule has 0 unspecified atom stereocenters. The topological polar surface area (TPSA) is 63.2 Å². The second-order valence-electron chi connectivity index (χ2n) is 9.51. The largest absolute Gasteiger partial charge is 0.496 e. The molecule has 0 saturated heterocycles. The van der Waals surface area contributed by atoms with Crippen LogP contribution in [0.1, 0.15) is 36.1 Å². The van der Waals surface area contributed by atoms with Crippen LogP contribution in [0.15, 0.2) is 34.8 Å². The van der Waals surface area contributed by atoms with Crippen molar-refractivity contribution < 1.29 is 28.2 Å². The summed E-state index contributed by atoms with van der Waals surface area (Å²) in [6.07, 6.45) is 0. The van der Waals surface area contributed by atoms with E-state index in [2.05, 4.69) is 15.9 Å². The zero-order valence-corrected chi connectivity index (χ0v) is 24.6. The Morgan fingerprint density at radius 2 is 1.14 bits per heavy atom. The van der Waals surface area contributed by atoms with E-state index in [4.69, 9.17) is 23.7 Å². The number of halogens is 1. The van der Waals surface area contributed by atoms with E-state index < -0.39 is 12.9 Å². The number of benzene rings is 3. The summed E-state index contributed by atoms with van der Waals surface area (Å²) in [5.41, 5.74) is 3.61. The number of methoxy groups -OCH3 is 3. The monoisotopic (exact) mass is 574 g/mol. The minimum atomic E-state index is -3.47. The lowest BCUT2D eigenvalue weighted by Crippen LogP contribution is -2.30. The van der Waals surface area contributed by atoms with Crippen LogP contribution in [0.4, 0.5) is 0 Å². The fourth-order valence-electron chi connectivity index (χ4n) is 4.95. The molecule has 192 valence electrons. The van der Waals surface area contributed by atoms with Gasteiger partial charge in [-0.3, -0.25) is 0 Å². The predicted octanol–water partition coefficient (Wildman–Crippen LogP) is 5.86.